The van der Waals surface area contributed by atoms with E-state index in [0.29, 0.717) is 52.5 Å². The number of morpholine rings is 1. The van der Waals surface area contributed by atoms with Crippen molar-refractivity contribution in [2.75, 3.05) is 52.5 Å². The van der Waals surface area contributed by atoms with Crippen molar-refractivity contribution in [3.63, 3.8) is 0 Å². The van der Waals surface area contributed by atoms with Crippen LogP contribution in [0, 0.1) is 0 Å². The highest BCUT2D eigenvalue weighted by Gasteiger charge is 2.31. The van der Waals surface area contributed by atoms with Crippen molar-refractivity contribution in [2.45, 2.75) is 13.0 Å². The number of carbonyl (C=O) groups is 2. The molecule has 2 aliphatic rings. The quantitative estimate of drug-likeness (QED) is 0.837. The van der Waals surface area contributed by atoms with Crippen LogP contribution in [0.5, 0.6) is 0 Å². The highest BCUT2D eigenvalue weighted by atomic mass is 16.5. The van der Waals surface area contributed by atoms with Gasteiger partial charge in [-0.05, 0) is 13.0 Å². The van der Waals surface area contributed by atoms with Gasteiger partial charge in [0.25, 0.3) is 0 Å². The number of amides is 2. The molecule has 4 rings (SSSR count). The maximum absolute atomic E-state index is 13.0. The molecule has 1 unspecified atom stereocenters. The lowest BCUT2D eigenvalue weighted by atomic mass is 10.0. The summed E-state index contributed by atoms with van der Waals surface area (Å²) < 4.78 is 5.32. The van der Waals surface area contributed by atoms with E-state index in [0.717, 1.165) is 16.5 Å². The predicted octanol–water partition coefficient (Wildman–Crippen LogP) is 1.81. The summed E-state index contributed by atoms with van der Waals surface area (Å²) in [6, 6.07) is 7.75. The van der Waals surface area contributed by atoms with Gasteiger partial charge in [0.2, 0.25) is 0 Å². The molecular formula is C20H26N4O3. The van der Waals surface area contributed by atoms with Crippen LogP contribution in [0.3, 0.4) is 0 Å². The van der Waals surface area contributed by atoms with Gasteiger partial charge < -0.3 is 19.5 Å². The fraction of sp³-hybridized carbons (Fsp3) is 0.500. The van der Waals surface area contributed by atoms with Crippen LogP contribution < -0.4 is 0 Å². The zero-order chi connectivity index (χ0) is 18.8. The van der Waals surface area contributed by atoms with E-state index < -0.39 is 0 Å². The molecule has 0 spiro atoms. The van der Waals surface area contributed by atoms with Gasteiger partial charge in [-0.15, -0.1) is 0 Å². The average molecular weight is 370 g/mol. The van der Waals surface area contributed by atoms with Gasteiger partial charge in [0.1, 0.15) is 0 Å². The number of urea groups is 1. The number of piperazine rings is 1. The number of ketones is 1. The average Bonchev–Trinajstić information content (AvgIpc) is 3.17. The molecule has 1 atom stereocenters. The van der Waals surface area contributed by atoms with Crippen molar-refractivity contribution in [1.82, 2.24) is 19.7 Å². The number of para-hydroxylation sites is 1. The molecule has 1 aromatic carbocycles. The Morgan fingerprint density at radius 3 is 2.41 bits per heavy atom. The minimum atomic E-state index is -0.204. The van der Waals surface area contributed by atoms with Gasteiger partial charge in [-0.25, -0.2) is 4.79 Å². The molecular weight excluding hydrogens is 344 g/mol. The van der Waals surface area contributed by atoms with Crippen molar-refractivity contribution in [1.29, 1.82) is 0 Å². The molecule has 3 heterocycles. The summed E-state index contributed by atoms with van der Waals surface area (Å²) in [6.07, 6.45) is 1.81. The zero-order valence-corrected chi connectivity index (χ0v) is 15.7. The van der Waals surface area contributed by atoms with E-state index >= 15 is 0 Å². The normalized spacial score (nSPS) is 20.0. The third kappa shape index (κ3) is 3.57. The van der Waals surface area contributed by atoms with Crippen LogP contribution in [-0.4, -0.2) is 90.0 Å². The van der Waals surface area contributed by atoms with Crippen molar-refractivity contribution >= 4 is 22.7 Å². The number of hydrogen-bond donors (Lipinski definition) is 1. The third-order valence-electron chi connectivity index (χ3n) is 5.65. The van der Waals surface area contributed by atoms with Crippen LogP contribution in [0.1, 0.15) is 17.3 Å². The lowest BCUT2D eigenvalue weighted by molar-refractivity contribution is 0.0350. The van der Waals surface area contributed by atoms with Gasteiger partial charge >= 0.3 is 6.03 Å². The van der Waals surface area contributed by atoms with Crippen LogP contribution in [-0.2, 0) is 4.74 Å². The Hall–Kier alpha value is -2.38. The number of ether oxygens (including phenoxy) is 1. The molecule has 1 N–H and O–H groups in total. The second kappa shape index (κ2) is 7.70. The van der Waals surface area contributed by atoms with Gasteiger partial charge in [0, 0.05) is 61.9 Å². The van der Waals surface area contributed by atoms with Crippen molar-refractivity contribution in [3.05, 3.63) is 36.0 Å². The topological polar surface area (TPSA) is 68.9 Å². The van der Waals surface area contributed by atoms with E-state index in [2.05, 4.69) is 9.88 Å². The van der Waals surface area contributed by atoms with Crippen LogP contribution >= 0.6 is 0 Å². The van der Waals surface area contributed by atoms with Crippen molar-refractivity contribution < 1.29 is 14.3 Å². The number of rotatable bonds is 3. The minimum absolute atomic E-state index is 0.0913. The Morgan fingerprint density at radius 1 is 1.00 bits per heavy atom. The van der Waals surface area contributed by atoms with E-state index in [-0.39, 0.29) is 17.9 Å². The van der Waals surface area contributed by atoms with Crippen LogP contribution in [0.15, 0.2) is 30.5 Å². The molecule has 7 heteroatoms. The second-order valence-corrected chi connectivity index (χ2v) is 7.19. The zero-order valence-electron chi connectivity index (χ0n) is 15.7. The van der Waals surface area contributed by atoms with E-state index in [9.17, 15) is 9.59 Å². The van der Waals surface area contributed by atoms with Gasteiger partial charge in [0.15, 0.2) is 5.78 Å². The molecule has 1 aromatic heterocycles. The fourth-order valence-electron chi connectivity index (χ4n) is 3.92. The number of aromatic amines is 1. The minimum Gasteiger partial charge on any atom is -0.378 e. The lowest BCUT2D eigenvalue weighted by Gasteiger charge is -2.40. The van der Waals surface area contributed by atoms with E-state index in [4.69, 9.17) is 4.74 Å². The van der Waals surface area contributed by atoms with Crippen LogP contribution in [0.4, 0.5) is 4.79 Å². The number of benzene rings is 1. The molecule has 0 aliphatic carbocycles. The molecule has 2 amide bonds. The highest BCUT2D eigenvalue weighted by molar-refractivity contribution is 6.10. The molecule has 2 saturated heterocycles. The summed E-state index contributed by atoms with van der Waals surface area (Å²) in [5.41, 5.74) is 1.72. The number of hydrogen-bond acceptors (Lipinski definition) is 4. The first-order valence-corrected chi connectivity index (χ1v) is 9.61. The van der Waals surface area contributed by atoms with Gasteiger partial charge in [-0.1, -0.05) is 18.2 Å². The maximum Gasteiger partial charge on any atom is 0.320 e. The Balaban J connectivity index is 1.37. The first kappa shape index (κ1) is 18.0. The molecule has 0 radical (unpaired) electrons. The molecule has 7 nitrogen and oxygen atoms in total. The van der Waals surface area contributed by atoms with E-state index in [1.165, 1.54) is 0 Å². The second-order valence-electron chi connectivity index (χ2n) is 7.19. The fourth-order valence-corrected chi connectivity index (χ4v) is 3.92. The standard InChI is InChI=1S/C20H26N4O3/c1-15(19(25)17-14-21-18-5-3-2-4-16(17)18)22-6-8-23(9-7-22)20(26)24-10-12-27-13-11-24/h2-5,14-15,21H,6-13H2,1H3. The Kier molecular flexibility index (Phi) is 5.13. The number of nitrogens with one attached hydrogen (secondary N) is 1. The number of carbonyl (C=O) groups excluding carboxylic acids is 2. The number of H-pyrrole nitrogens is 1. The van der Waals surface area contributed by atoms with Gasteiger partial charge in [0.05, 0.1) is 19.3 Å². The number of Topliss-reactive ketones (excluding diaryl/α,β-unsaturated/α-hetero) is 1. The third-order valence-corrected chi connectivity index (χ3v) is 5.65. The molecule has 144 valence electrons. The smallest absolute Gasteiger partial charge is 0.320 e. The van der Waals surface area contributed by atoms with Gasteiger partial charge in [-0.2, -0.15) is 0 Å². The monoisotopic (exact) mass is 370 g/mol. The summed E-state index contributed by atoms with van der Waals surface area (Å²) in [4.78, 5) is 34.7. The van der Waals surface area contributed by atoms with Crippen molar-refractivity contribution in [2.24, 2.45) is 0 Å². The first-order chi connectivity index (χ1) is 13.1. The van der Waals surface area contributed by atoms with E-state index in [1.807, 2.05) is 47.2 Å². The van der Waals surface area contributed by atoms with Crippen LogP contribution in [0.25, 0.3) is 10.9 Å². The Labute approximate surface area is 158 Å². The summed E-state index contributed by atoms with van der Waals surface area (Å²) in [6.45, 7) is 7.25. The highest BCUT2D eigenvalue weighted by Crippen LogP contribution is 2.21. The summed E-state index contributed by atoms with van der Waals surface area (Å²) in [7, 11) is 0. The number of nitrogens with zero attached hydrogens (tertiary/aromatic N) is 3. The Morgan fingerprint density at radius 2 is 1.67 bits per heavy atom. The Bertz CT molecular complexity index is 819. The largest absolute Gasteiger partial charge is 0.378 e. The number of fused-ring (bicyclic) bond motifs is 1. The molecule has 2 aliphatic heterocycles. The summed E-state index contributed by atoms with van der Waals surface area (Å²) >= 11 is 0. The lowest BCUT2D eigenvalue weighted by Crippen LogP contribution is -2.57. The molecule has 2 aromatic rings. The van der Waals surface area contributed by atoms with Crippen molar-refractivity contribution in [3.8, 4) is 0 Å². The van der Waals surface area contributed by atoms with Crippen LogP contribution in [0.2, 0.25) is 0 Å². The molecule has 0 saturated carbocycles. The molecule has 0 bridgehead atoms. The SMILES string of the molecule is CC(C(=O)c1c[nH]c2ccccc12)N1CCN(C(=O)N2CCOCC2)CC1. The molecule has 27 heavy (non-hydrogen) atoms. The van der Waals surface area contributed by atoms with Gasteiger partial charge in [-0.3, -0.25) is 9.69 Å². The summed E-state index contributed by atoms with van der Waals surface area (Å²) in [5.74, 6) is 0.125. The molecule has 2 fully saturated rings. The summed E-state index contributed by atoms with van der Waals surface area (Å²) in [5, 5.41) is 0.968. The number of aromatic nitrogens is 1. The first-order valence-electron chi connectivity index (χ1n) is 9.61. The maximum atomic E-state index is 13.0. The van der Waals surface area contributed by atoms with E-state index in [1.54, 1.807) is 0 Å². The predicted molar refractivity (Wildman–Crippen MR) is 103 cm³/mol.